The summed E-state index contributed by atoms with van der Waals surface area (Å²) in [4.78, 5) is 5.70. The molecule has 1 aliphatic rings. The van der Waals surface area contributed by atoms with Crippen LogP contribution in [0.4, 0.5) is 5.00 Å². The number of nitrogens with two attached hydrogens (primary N) is 1. The zero-order chi connectivity index (χ0) is 15.0. The highest BCUT2D eigenvalue weighted by atomic mass is 32.1. The number of aromatic nitrogens is 2. The molecule has 0 spiro atoms. The molecule has 21 heavy (non-hydrogen) atoms. The van der Waals surface area contributed by atoms with Crippen molar-refractivity contribution in [2.75, 3.05) is 12.8 Å². The van der Waals surface area contributed by atoms with Gasteiger partial charge in [-0.1, -0.05) is 12.1 Å². The van der Waals surface area contributed by atoms with Crippen LogP contribution in [0, 0.1) is 12.8 Å². The minimum atomic E-state index is -0.409. The molecule has 2 heterocycles. The van der Waals surface area contributed by atoms with Crippen LogP contribution >= 0.6 is 11.3 Å². The van der Waals surface area contributed by atoms with Gasteiger partial charge in [-0.25, -0.2) is 0 Å². The molecule has 0 unspecified atom stereocenters. The lowest BCUT2D eigenvalue weighted by Gasteiger charge is -2.35. The second kappa shape index (κ2) is 5.42. The van der Waals surface area contributed by atoms with Gasteiger partial charge in [-0.3, -0.25) is 0 Å². The average molecular weight is 307 g/mol. The molecule has 5 nitrogen and oxygen atoms in total. The third kappa shape index (κ3) is 2.58. The Morgan fingerprint density at radius 2 is 2.14 bits per heavy atom. The van der Waals surface area contributed by atoms with Crippen LogP contribution in [0.15, 0.2) is 10.6 Å². The van der Waals surface area contributed by atoms with Gasteiger partial charge >= 0.3 is 0 Å². The molecule has 1 aliphatic carbocycles. The van der Waals surface area contributed by atoms with Crippen molar-refractivity contribution in [2.45, 2.75) is 45.1 Å². The number of rotatable bonds is 3. The molecule has 2 aromatic heterocycles. The van der Waals surface area contributed by atoms with E-state index in [0.29, 0.717) is 16.7 Å². The summed E-state index contributed by atoms with van der Waals surface area (Å²) >= 11 is 1.53. The van der Waals surface area contributed by atoms with E-state index < -0.39 is 5.60 Å². The van der Waals surface area contributed by atoms with E-state index in [9.17, 15) is 0 Å². The summed E-state index contributed by atoms with van der Waals surface area (Å²) in [5.41, 5.74) is 6.42. The molecule has 2 N–H and O–H groups in total. The Kier molecular flexibility index (Phi) is 3.75. The molecule has 1 saturated carbocycles. The largest absolute Gasteiger partial charge is 0.390 e. The van der Waals surface area contributed by atoms with E-state index in [1.165, 1.54) is 11.3 Å². The van der Waals surface area contributed by atoms with Crippen molar-refractivity contribution in [2.24, 2.45) is 5.92 Å². The van der Waals surface area contributed by atoms with Crippen molar-refractivity contribution in [3.63, 3.8) is 0 Å². The Hall–Kier alpha value is -1.40. The Morgan fingerprint density at radius 3 is 2.71 bits per heavy atom. The average Bonchev–Trinajstić information content (AvgIpc) is 3.07. The van der Waals surface area contributed by atoms with Crippen LogP contribution in [0.1, 0.15) is 43.3 Å². The number of nitrogen functional groups attached to an aromatic ring is 1. The molecule has 0 atom stereocenters. The standard InChI is InChI=1S/C15H21N3O2S/c1-9-4-6-15(19-3,7-5-9)14-17-13(20-18-14)11-8-10(2)21-12(11)16/h8-9H,4-7,16H2,1-3H3. The third-order valence-corrected chi connectivity index (χ3v) is 5.30. The molecule has 0 amide bonds. The van der Waals surface area contributed by atoms with Crippen LogP contribution in [0.25, 0.3) is 11.5 Å². The molecule has 2 aromatic rings. The fourth-order valence-corrected chi connectivity index (χ4v) is 3.74. The molecule has 1 fully saturated rings. The van der Waals surface area contributed by atoms with E-state index >= 15 is 0 Å². The highest BCUT2D eigenvalue weighted by Gasteiger charge is 2.40. The molecule has 0 radical (unpaired) electrons. The fraction of sp³-hybridized carbons (Fsp3) is 0.600. The molecule has 114 valence electrons. The summed E-state index contributed by atoms with van der Waals surface area (Å²) in [5.74, 6) is 1.87. The van der Waals surface area contributed by atoms with E-state index in [1.54, 1.807) is 7.11 Å². The zero-order valence-corrected chi connectivity index (χ0v) is 13.5. The maximum Gasteiger partial charge on any atom is 0.261 e. The van der Waals surface area contributed by atoms with Crippen molar-refractivity contribution in [1.29, 1.82) is 0 Å². The number of thiophene rings is 1. The molecule has 6 heteroatoms. The number of methoxy groups -OCH3 is 1. The first-order chi connectivity index (χ1) is 10.0. The van der Waals surface area contributed by atoms with Gasteiger partial charge in [-0.15, -0.1) is 11.3 Å². The lowest BCUT2D eigenvalue weighted by atomic mass is 9.79. The summed E-state index contributed by atoms with van der Waals surface area (Å²) in [5, 5.41) is 4.89. The predicted molar refractivity (Wildman–Crippen MR) is 83.1 cm³/mol. The van der Waals surface area contributed by atoms with Crippen LogP contribution < -0.4 is 5.73 Å². The lowest BCUT2D eigenvalue weighted by Crippen LogP contribution is -2.34. The van der Waals surface area contributed by atoms with Gasteiger partial charge in [0.2, 0.25) is 5.82 Å². The normalized spacial score (nSPS) is 26.1. The van der Waals surface area contributed by atoms with Crippen molar-refractivity contribution in [3.05, 3.63) is 16.8 Å². The molecule has 0 saturated heterocycles. The molecular weight excluding hydrogens is 286 g/mol. The van der Waals surface area contributed by atoms with Crippen molar-refractivity contribution in [1.82, 2.24) is 10.1 Å². The molecule has 3 rings (SSSR count). The molecular formula is C15H21N3O2S. The first-order valence-corrected chi connectivity index (χ1v) is 8.11. The first kappa shape index (κ1) is 14.5. The summed E-state index contributed by atoms with van der Waals surface area (Å²) in [6.45, 7) is 4.29. The fourth-order valence-electron chi connectivity index (χ4n) is 2.96. The van der Waals surface area contributed by atoms with Crippen LogP contribution in [0.2, 0.25) is 0 Å². The monoisotopic (exact) mass is 307 g/mol. The van der Waals surface area contributed by atoms with Gasteiger partial charge in [0.25, 0.3) is 5.89 Å². The Morgan fingerprint density at radius 1 is 1.43 bits per heavy atom. The third-order valence-electron chi connectivity index (χ3n) is 4.42. The van der Waals surface area contributed by atoms with Crippen LogP contribution in [0.3, 0.4) is 0 Å². The van der Waals surface area contributed by atoms with E-state index in [1.807, 2.05) is 13.0 Å². The SMILES string of the molecule is COC1(c2noc(-c3cc(C)sc3N)n2)CCC(C)CC1. The quantitative estimate of drug-likeness (QED) is 0.935. The highest BCUT2D eigenvalue weighted by Crippen LogP contribution is 2.42. The van der Waals surface area contributed by atoms with E-state index in [0.717, 1.165) is 42.0 Å². The maximum absolute atomic E-state index is 6.00. The number of anilines is 1. The van der Waals surface area contributed by atoms with Crippen molar-refractivity contribution in [3.8, 4) is 11.5 Å². The van der Waals surface area contributed by atoms with E-state index in [-0.39, 0.29) is 0 Å². The highest BCUT2D eigenvalue weighted by molar-refractivity contribution is 7.16. The zero-order valence-electron chi connectivity index (χ0n) is 12.7. The van der Waals surface area contributed by atoms with Crippen molar-refractivity contribution < 1.29 is 9.26 Å². The summed E-state index contributed by atoms with van der Waals surface area (Å²) < 4.78 is 11.2. The summed E-state index contributed by atoms with van der Waals surface area (Å²) in [6.07, 6.45) is 4.11. The summed E-state index contributed by atoms with van der Waals surface area (Å²) in [7, 11) is 1.73. The second-order valence-corrected chi connectivity index (χ2v) is 7.23. The number of hydrogen-bond acceptors (Lipinski definition) is 6. The molecule has 0 aliphatic heterocycles. The van der Waals surface area contributed by atoms with Gasteiger partial charge in [0.1, 0.15) is 5.60 Å². The van der Waals surface area contributed by atoms with Gasteiger partial charge in [0.15, 0.2) is 0 Å². The number of hydrogen-bond donors (Lipinski definition) is 1. The van der Waals surface area contributed by atoms with Gasteiger partial charge in [0, 0.05) is 12.0 Å². The van der Waals surface area contributed by atoms with Gasteiger partial charge < -0.3 is 15.0 Å². The smallest absolute Gasteiger partial charge is 0.261 e. The lowest BCUT2D eigenvalue weighted by molar-refractivity contribution is -0.0609. The van der Waals surface area contributed by atoms with Crippen LogP contribution in [-0.2, 0) is 10.3 Å². The van der Waals surface area contributed by atoms with Gasteiger partial charge in [0.05, 0.1) is 10.6 Å². The van der Waals surface area contributed by atoms with Crippen LogP contribution in [0.5, 0.6) is 0 Å². The summed E-state index contributed by atoms with van der Waals surface area (Å²) in [6, 6.07) is 1.99. The number of nitrogens with zero attached hydrogens (tertiary/aromatic N) is 2. The second-order valence-electron chi connectivity index (χ2n) is 5.94. The molecule has 0 aromatic carbocycles. The van der Waals surface area contributed by atoms with Gasteiger partial charge in [-0.2, -0.15) is 4.98 Å². The maximum atomic E-state index is 6.00. The first-order valence-electron chi connectivity index (χ1n) is 7.30. The van der Waals surface area contributed by atoms with Crippen LogP contribution in [-0.4, -0.2) is 17.3 Å². The Labute approximate surface area is 128 Å². The number of aryl methyl sites for hydroxylation is 1. The number of ether oxygens (including phenoxy) is 1. The van der Waals surface area contributed by atoms with Crippen molar-refractivity contribution >= 4 is 16.3 Å². The Balaban J connectivity index is 1.92. The van der Waals surface area contributed by atoms with E-state index in [4.69, 9.17) is 15.0 Å². The Bertz CT molecular complexity index is 627. The topological polar surface area (TPSA) is 74.2 Å². The van der Waals surface area contributed by atoms with E-state index in [2.05, 4.69) is 17.1 Å². The molecule has 0 bridgehead atoms. The van der Waals surface area contributed by atoms with Gasteiger partial charge in [-0.05, 0) is 44.6 Å². The minimum Gasteiger partial charge on any atom is -0.390 e. The predicted octanol–water partition coefficient (Wildman–Crippen LogP) is 3.74. The minimum absolute atomic E-state index is 0.409.